The minimum absolute atomic E-state index is 0.164. The molecular formula is C15H17ClN4. The molecule has 4 nitrogen and oxygen atoms in total. The number of alkyl halides is 1. The van der Waals surface area contributed by atoms with Gasteiger partial charge in [0.2, 0.25) is 0 Å². The normalized spacial score (nSPS) is 13.1. The second-order valence-electron chi connectivity index (χ2n) is 5.14. The summed E-state index contributed by atoms with van der Waals surface area (Å²) < 4.78 is 3.95. The van der Waals surface area contributed by atoms with Crippen molar-refractivity contribution < 1.29 is 0 Å². The average molecular weight is 289 g/mol. The van der Waals surface area contributed by atoms with Crippen molar-refractivity contribution >= 4 is 22.8 Å². The summed E-state index contributed by atoms with van der Waals surface area (Å²) in [5, 5.41) is 4.28. The Morgan fingerprint density at radius 2 is 1.80 bits per heavy atom. The summed E-state index contributed by atoms with van der Waals surface area (Å²) in [5.74, 6) is 0.849. The van der Waals surface area contributed by atoms with Gasteiger partial charge in [-0.05, 0) is 32.9 Å². The van der Waals surface area contributed by atoms with Crippen molar-refractivity contribution in [3.63, 3.8) is 0 Å². The predicted molar refractivity (Wildman–Crippen MR) is 81.6 cm³/mol. The van der Waals surface area contributed by atoms with Crippen LogP contribution in [-0.2, 0) is 7.05 Å². The monoisotopic (exact) mass is 288 g/mol. The van der Waals surface area contributed by atoms with E-state index in [0.717, 1.165) is 28.4 Å². The molecule has 1 unspecified atom stereocenters. The van der Waals surface area contributed by atoms with Crippen LogP contribution in [0.2, 0.25) is 0 Å². The van der Waals surface area contributed by atoms with Gasteiger partial charge in [-0.15, -0.1) is 11.6 Å². The molecule has 0 aliphatic rings. The summed E-state index contributed by atoms with van der Waals surface area (Å²) in [6, 6.07) is 8.35. The highest BCUT2D eigenvalue weighted by Gasteiger charge is 2.21. The fraction of sp³-hybridized carbons (Fsp3) is 0.333. The first-order valence-corrected chi connectivity index (χ1v) is 7.05. The van der Waals surface area contributed by atoms with Gasteiger partial charge in [-0.25, -0.2) is 9.67 Å². The Kier molecular flexibility index (Phi) is 3.05. The molecule has 0 aliphatic heterocycles. The van der Waals surface area contributed by atoms with E-state index in [1.165, 1.54) is 5.56 Å². The molecule has 2 heterocycles. The first-order chi connectivity index (χ1) is 9.49. The molecular weight excluding hydrogens is 272 g/mol. The van der Waals surface area contributed by atoms with Crippen LogP contribution in [0, 0.1) is 13.8 Å². The maximum atomic E-state index is 6.31. The third-order valence-electron chi connectivity index (χ3n) is 3.48. The lowest BCUT2D eigenvalue weighted by molar-refractivity contribution is 0.748. The molecule has 3 rings (SSSR count). The molecule has 104 valence electrons. The van der Waals surface area contributed by atoms with Gasteiger partial charge in [0.15, 0.2) is 5.65 Å². The van der Waals surface area contributed by atoms with Gasteiger partial charge in [-0.3, -0.25) is 4.57 Å². The van der Waals surface area contributed by atoms with Crippen LogP contribution >= 0.6 is 11.6 Å². The Hall–Kier alpha value is -1.81. The van der Waals surface area contributed by atoms with Crippen molar-refractivity contribution in [3.05, 3.63) is 41.3 Å². The van der Waals surface area contributed by atoms with Crippen LogP contribution < -0.4 is 0 Å². The Labute approximate surface area is 123 Å². The number of imidazole rings is 1. The Balaban J connectivity index is 2.36. The van der Waals surface area contributed by atoms with Crippen LogP contribution in [0.5, 0.6) is 0 Å². The van der Waals surface area contributed by atoms with Crippen molar-refractivity contribution in [2.24, 2.45) is 7.05 Å². The van der Waals surface area contributed by atoms with Crippen molar-refractivity contribution in [1.29, 1.82) is 0 Å². The van der Waals surface area contributed by atoms with Crippen molar-refractivity contribution in [2.45, 2.75) is 26.1 Å². The lowest BCUT2D eigenvalue weighted by Crippen LogP contribution is -2.05. The zero-order valence-electron chi connectivity index (χ0n) is 12.1. The minimum atomic E-state index is -0.164. The summed E-state index contributed by atoms with van der Waals surface area (Å²) in [4.78, 5) is 4.68. The number of hydrogen-bond donors (Lipinski definition) is 0. The number of aryl methyl sites for hydroxylation is 3. The van der Waals surface area contributed by atoms with Crippen LogP contribution in [-0.4, -0.2) is 19.3 Å². The van der Waals surface area contributed by atoms with Crippen LogP contribution in [0.1, 0.15) is 29.4 Å². The van der Waals surface area contributed by atoms with E-state index in [-0.39, 0.29) is 5.38 Å². The summed E-state index contributed by atoms with van der Waals surface area (Å²) in [5.41, 5.74) is 5.10. The lowest BCUT2D eigenvalue weighted by Gasteiger charge is -2.11. The molecule has 5 heteroatoms. The van der Waals surface area contributed by atoms with Gasteiger partial charge < -0.3 is 0 Å². The average Bonchev–Trinajstić information content (AvgIpc) is 2.90. The summed E-state index contributed by atoms with van der Waals surface area (Å²) in [7, 11) is 1.93. The fourth-order valence-electron chi connectivity index (χ4n) is 2.50. The minimum Gasteiger partial charge on any atom is -0.280 e. The highest BCUT2D eigenvalue weighted by Crippen LogP contribution is 2.29. The molecule has 0 bridgehead atoms. The number of rotatable bonds is 2. The first kappa shape index (κ1) is 13.2. The lowest BCUT2D eigenvalue weighted by atomic mass is 10.2. The van der Waals surface area contributed by atoms with Gasteiger partial charge >= 0.3 is 0 Å². The molecule has 0 N–H and O–H groups in total. The van der Waals surface area contributed by atoms with E-state index in [0.29, 0.717) is 0 Å². The molecule has 0 radical (unpaired) electrons. The topological polar surface area (TPSA) is 35.6 Å². The number of hydrogen-bond acceptors (Lipinski definition) is 2. The molecule has 2 aromatic heterocycles. The Morgan fingerprint density at radius 3 is 2.40 bits per heavy atom. The van der Waals surface area contributed by atoms with Crippen LogP contribution in [0.15, 0.2) is 24.3 Å². The highest BCUT2D eigenvalue weighted by atomic mass is 35.5. The van der Waals surface area contributed by atoms with Crippen molar-refractivity contribution in [1.82, 2.24) is 19.3 Å². The van der Waals surface area contributed by atoms with Gasteiger partial charge in [0, 0.05) is 12.7 Å². The van der Waals surface area contributed by atoms with E-state index in [2.05, 4.69) is 45.8 Å². The molecule has 1 aromatic carbocycles. The van der Waals surface area contributed by atoms with Crippen molar-refractivity contribution in [2.75, 3.05) is 0 Å². The summed E-state index contributed by atoms with van der Waals surface area (Å²) >= 11 is 6.31. The van der Waals surface area contributed by atoms with E-state index < -0.39 is 0 Å². The number of fused-ring (bicyclic) bond motifs is 1. The van der Waals surface area contributed by atoms with E-state index in [1.54, 1.807) is 0 Å². The smallest absolute Gasteiger partial charge is 0.163 e. The molecule has 20 heavy (non-hydrogen) atoms. The number of nitrogens with zero attached hydrogens (tertiary/aromatic N) is 4. The predicted octanol–water partition coefficient (Wildman–Crippen LogP) is 3.68. The molecule has 0 amide bonds. The maximum Gasteiger partial charge on any atom is 0.163 e. The van der Waals surface area contributed by atoms with Gasteiger partial charge in [-0.2, -0.15) is 5.10 Å². The van der Waals surface area contributed by atoms with Gasteiger partial charge in [0.25, 0.3) is 0 Å². The van der Waals surface area contributed by atoms with Gasteiger partial charge in [0.1, 0.15) is 11.3 Å². The molecule has 1 atom stereocenters. The molecule has 3 aromatic rings. The highest BCUT2D eigenvalue weighted by molar-refractivity contribution is 6.20. The van der Waals surface area contributed by atoms with Gasteiger partial charge in [0.05, 0.1) is 11.1 Å². The van der Waals surface area contributed by atoms with E-state index >= 15 is 0 Å². The zero-order chi connectivity index (χ0) is 14.4. The zero-order valence-corrected chi connectivity index (χ0v) is 12.8. The van der Waals surface area contributed by atoms with E-state index in [9.17, 15) is 0 Å². The van der Waals surface area contributed by atoms with Gasteiger partial charge in [-0.1, -0.05) is 17.7 Å². The fourth-order valence-corrected chi connectivity index (χ4v) is 2.65. The van der Waals surface area contributed by atoms with E-state index in [4.69, 9.17) is 11.6 Å². The van der Waals surface area contributed by atoms with Crippen LogP contribution in [0.25, 0.3) is 16.9 Å². The molecule has 0 spiro atoms. The SMILES string of the molecule is Cc1ccc(-n2c(C(C)Cl)nc3c(C)nn(C)c32)cc1. The van der Waals surface area contributed by atoms with Crippen molar-refractivity contribution in [3.8, 4) is 5.69 Å². The number of benzene rings is 1. The molecule has 0 fully saturated rings. The number of aromatic nitrogens is 4. The summed E-state index contributed by atoms with van der Waals surface area (Å²) in [6.07, 6.45) is 0. The maximum absolute atomic E-state index is 6.31. The number of halogens is 1. The molecule has 0 saturated heterocycles. The first-order valence-electron chi connectivity index (χ1n) is 6.62. The summed E-state index contributed by atoms with van der Waals surface area (Å²) in [6.45, 7) is 5.99. The third-order valence-corrected chi connectivity index (χ3v) is 3.67. The second kappa shape index (κ2) is 4.63. The Bertz CT molecular complexity index is 765. The van der Waals surface area contributed by atoms with E-state index in [1.807, 2.05) is 25.6 Å². The molecule has 0 saturated carbocycles. The second-order valence-corrected chi connectivity index (χ2v) is 5.79. The van der Waals surface area contributed by atoms with Crippen LogP contribution in [0.4, 0.5) is 0 Å². The standard InChI is InChI=1S/C15H17ClN4/c1-9-5-7-12(8-6-9)20-14(10(2)16)17-13-11(3)18-19(4)15(13)20/h5-8,10H,1-4H3. The Morgan fingerprint density at radius 1 is 1.15 bits per heavy atom. The largest absolute Gasteiger partial charge is 0.280 e. The quantitative estimate of drug-likeness (QED) is 0.675. The molecule has 0 aliphatic carbocycles. The van der Waals surface area contributed by atoms with Crippen LogP contribution in [0.3, 0.4) is 0 Å². The third kappa shape index (κ3) is 1.91.